The molecule has 0 saturated carbocycles. The van der Waals surface area contributed by atoms with E-state index in [9.17, 15) is 9.59 Å². The first kappa shape index (κ1) is 17.1. The van der Waals surface area contributed by atoms with Crippen LogP contribution in [0.1, 0.15) is 29.8 Å². The van der Waals surface area contributed by atoms with Gasteiger partial charge in [-0.3, -0.25) is 4.79 Å². The molecule has 0 atom stereocenters. The molecule has 1 aliphatic heterocycles. The summed E-state index contributed by atoms with van der Waals surface area (Å²) in [6.45, 7) is 8.00. The molecule has 23 heavy (non-hydrogen) atoms. The molecule has 0 aromatic heterocycles. The van der Waals surface area contributed by atoms with Gasteiger partial charge in [0.25, 0.3) is 5.91 Å². The molecule has 6 heteroatoms. The number of amides is 3. The lowest BCUT2D eigenvalue weighted by atomic mass is 10.1. The first-order chi connectivity index (χ1) is 10.9. The van der Waals surface area contributed by atoms with Crippen LogP contribution in [0.5, 0.6) is 5.75 Å². The Hall–Kier alpha value is -2.24. The van der Waals surface area contributed by atoms with E-state index in [1.807, 2.05) is 32.9 Å². The summed E-state index contributed by atoms with van der Waals surface area (Å²) in [7, 11) is 1.62. The van der Waals surface area contributed by atoms with Crippen molar-refractivity contribution < 1.29 is 14.3 Å². The first-order valence-corrected chi connectivity index (χ1v) is 7.91. The van der Waals surface area contributed by atoms with Crippen LogP contribution in [0.15, 0.2) is 18.2 Å². The van der Waals surface area contributed by atoms with Crippen molar-refractivity contribution >= 4 is 11.9 Å². The molecule has 1 aliphatic rings. The third kappa shape index (κ3) is 4.15. The fourth-order valence-corrected chi connectivity index (χ4v) is 2.64. The predicted octanol–water partition coefficient (Wildman–Crippen LogP) is 1.88. The lowest BCUT2D eigenvalue weighted by Gasteiger charge is -2.35. The summed E-state index contributed by atoms with van der Waals surface area (Å²) >= 11 is 0. The molecular weight excluding hydrogens is 294 g/mol. The molecule has 1 aromatic carbocycles. The predicted molar refractivity (Wildman–Crippen MR) is 88.9 cm³/mol. The van der Waals surface area contributed by atoms with E-state index in [-0.39, 0.29) is 18.0 Å². The summed E-state index contributed by atoms with van der Waals surface area (Å²) in [6, 6.07) is 5.50. The molecule has 0 bridgehead atoms. The van der Waals surface area contributed by atoms with Gasteiger partial charge >= 0.3 is 6.03 Å². The normalized spacial score (nSPS) is 14.8. The van der Waals surface area contributed by atoms with Crippen LogP contribution in [0.3, 0.4) is 0 Å². The SMILES string of the molecule is COc1ccc(C(=O)N2CCN(C(=O)NC(C)C)CC2)cc1C. The summed E-state index contributed by atoms with van der Waals surface area (Å²) in [5.74, 6) is 0.774. The Balaban J connectivity index is 1.96. The number of nitrogens with one attached hydrogen (secondary N) is 1. The molecule has 1 aromatic rings. The maximum atomic E-state index is 12.6. The van der Waals surface area contributed by atoms with Crippen LogP contribution in [0, 0.1) is 6.92 Å². The fraction of sp³-hybridized carbons (Fsp3) is 0.529. The number of ether oxygens (including phenoxy) is 1. The van der Waals surface area contributed by atoms with Crippen molar-refractivity contribution in [2.24, 2.45) is 0 Å². The maximum Gasteiger partial charge on any atom is 0.317 e. The molecular formula is C17H25N3O3. The molecule has 6 nitrogen and oxygen atoms in total. The monoisotopic (exact) mass is 319 g/mol. The summed E-state index contributed by atoms with van der Waals surface area (Å²) in [5.41, 5.74) is 1.59. The van der Waals surface area contributed by atoms with E-state index in [0.29, 0.717) is 31.7 Å². The number of piperazine rings is 1. The number of hydrogen-bond donors (Lipinski definition) is 1. The first-order valence-electron chi connectivity index (χ1n) is 7.91. The van der Waals surface area contributed by atoms with Gasteiger partial charge in [0.2, 0.25) is 0 Å². The highest BCUT2D eigenvalue weighted by atomic mass is 16.5. The summed E-state index contributed by atoms with van der Waals surface area (Å²) < 4.78 is 5.22. The minimum atomic E-state index is -0.0626. The van der Waals surface area contributed by atoms with Gasteiger partial charge in [-0.2, -0.15) is 0 Å². The second kappa shape index (κ2) is 7.35. The van der Waals surface area contributed by atoms with E-state index in [4.69, 9.17) is 4.74 Å². The quantitative estimate of drug-likeness (QED) is 0.925. The number of aryl methyl sites for hydroxylation is 1. The smallest absolute Gasteiger partial charge is 0.317 e. The average Bonchev–Trinajstić information content (AvgIpc) is 2.53. The van der Waals surface area contributed by atoms with E-state index in [0.717, 1.165) is 11.3 Å². The Morgan fingerprint density at radius 3 is 2.26 bits per heavy atom. The molecule has 0 unspecified atom stereocenters. The van der Waals surface area contributed by atoms with Crippen LogP contribution in [0.2, 0.25) is 0 Å². The molecule has 0 spiro atoms. The molecule has 3 amide bonds. The van der Waals surface area contributed by atoms with Crippen LogP contribution in [-0.4, -0.2) is 61.1 Å². The topological polar surface area (TPSA) is 61.9 Å². The molecule has 1 fully saturated rings. The zero-order valence-electron chi connectivity index (χ0n) is 14.3. The zero-order chi connectivity index (χ0) is 17.0. The molecule has 1 saturated heterocycles. The standard InChI is InChI=1S/C17H25N3O3/c1-12(2)18-17(22)20-9-7-19(8-10-20)16(21)14-5-6-15(23-4)13(3)11-14/h5-6,11-12H,7-10H2,1-4H3,(H,18,22). The molecule has 1 heterocycles. The number of hydrogen-bond acceptors (Lipinski definition) is 3. The van der Waals surface area contributed by atoms with Crippen molar-refractivity contribution in [3.8, 4) is 5.75 Å². The van der Waals surface area contributed by atoms with Crippen LogP contribution in [0.4, 0.5) is 4.79 Å². The minimum Gasteiger partial charge on any atom is -0.496 e. The van der Waals surface area contributed by atoms with E-state index >= 15 is 0 Å². The number of carbonyl (C=O) groups is 2. The Labute approximate surface area is 137 Å². The number of nitrogens with zero attached hydrogens (tertiary/aromatic N) is 2. The molecule has 126 valence electrons. The van der Waals surface area contributed by atoms with Gasteiger partial charge in [0.1, 0.15) is 5.75 Å². The second-order valence-corrected chi connectivity index (χ2v) is 6.07. The molecule has 0 radical (unpaired) electrons. The number of methoxy groups -OCH3 is 1. The van der Waals surface area contributed by atoms with Crippen molar-refractivity contribution in [3.63, 3.8) is 0 Å². The average molecular weight is 319 g/mol. The molecule has 0 aliphatic carbocycles. The number of urea groups is 1. The highest BCUT2D eigenvalue weighted by Crippen LogP contribution is 2.20. The van der Waals surface area contributed by atoms with E-state index in [2.05, 4.69) is 5.32 Å². The van der Waals surface area contributed by atoms with Crippen molar-refractivity contribution in [3.05, 3.63) is 29.3 Å². The number of rotatable bonds is 3. The van der Waals surface area contributed by atoms with Gasteiger partial charge in [0.05, 0.1) is 7.11 Å². The Kier molecular flexibility index (Phi) is 5.47. The van der Waals surface area contributed by atoms with Gasteiger partial charge in [0, 0.05) is 37.8 Å². The second-order valence-electron chi connectivity index (χ2n) is 6.07. The lowest BCUT2D eigenvalue weighted by Crippen LogP contribution is -2.54. The summed E-state index contributed by atoms with van der Waals surface area (Å²) in [5, 5.41) is 2.88. The third-order valence-electron chi connectivity index (χ3n) is 3.91. The van der Waals surface area contributed by atoms with Crippen LogP contribution >= 0.6 is 0 Å². The van der Waals surface area contributed by atoms with Gasteiger partial charge in [0.15, 0.2) is 0 Å². The summed E-state index contributed by atoms with van der Waals surface area (Å²) in [4.78, 5) is 28.1. The van der Waals surface area contributed by atoms with Crippen molar-refractivity contribution in [1.29, 1.82) is 0 Å². The lowest BCUT2D eigenvalue weighted by molar-refractivity contribution is 0.0664. The molecule has 2 rings (SSSR count). The third-order valence-corrected chi connectivity index (χ3v) is 3.91. The highest BCUT2D eigenvalue weighted by molar-refractivity contribution is 5.94. The van der Waals surface area contributed by atoms with Crippen LogP contribution < -0.4 is 10.1 Å². The van der Waals surface area contributed by atoms with E-state index in [1.54, 1.807) is 23.0 Å². The van der Waals surface area contributed by atoms with Crippen molar-refractivity contribution in [2.45, 2.75) is 26.8 Å². The van der Waals surface area contributed by atoms with Gasteiger partial charge in [-0.15, -0.1) is 0 Å². The zero-order valence-corrected chi connectivity index (χ0v) is 14.3. The van der Waals surface area contributed by atoms with Crippen LogP contribution in [-0.2, 0) is 0 Å². The van der Waals surface area contributed by atoms with E-state index < -0.39 is 0 Å². The fourth-order valence-electron chi connectivity index (χ4n) is 2.64. The Morgan fingerprint density at radius 1 is 1.13 bits per heavy atom. The van der Waals surface area contributed by atoms with Crippen LogP contribution in [0.25, 0.3) is 0 Å². The minimum absolute atomic E-state index is 0.000305. The van der Waals surface area contributed by atoms with Gasteiger partial charge in [-0.25, -0.2) is 4.79 Å². The van der Waals surface area contributed by atoms with Crippen molar-refractivity contribution in [2.75, 3.05) is 33.3 Å². The van der Waals surface area contributed by atoms with Gasteiger partial charge in [-0.1, -0.05) is 0 Å². The van der Waals surface area contributed by atoms with Gasteiger partial charge < -0.3 is 19.9 Å². The highest BCUT2D eigenvalue weighted by Gasteiger charge is 2.25. The number of carbonyl (C=O) groups excluding carboxylic acids is 2. The summed E-state index contributed by atoms with van der Waals surface area (Å²) in [6.07, 6.45) is 0. The number of benzene rings is 1. The molecule has 1 N–H and O–H groups in total. The van der Waals surface area contributed by atoms with Crippen molar-refractivity contribution in [1.82, 2.24) is 15.1 Å². The Bertz CT molecular complexity index is 578. The maximum absolute atomic E-state index is 12.6. The largest absolute Gasteiger partial charge is 0.496 e. The Morgan fingerprint density at radius 2 is 1.74 bits per heavy atom. The van der Waals surface area contributed by atoms with Gasteiger partial charge in [-0.05, 0) is 44.5 Å². The van der Waals surface area contributed by atoms with E-state index in [1.165, 1.54) is 0 Å².